The first-order valence-corrected chi connectivity index (χ1v) is 9.32. The standard InChI is InChI=1S/C21H22N6O/c1-15-8-9-19(26-25-15)23-17-6-4-5-16(13-17)21(28)24-18-10-12-27(14-18)20-7-2-3-11-22-20/h2-9,11,13,18H,10,12,14H2,1H3,(H,23,26)(H,24,28). The fourth-order valence-electron chi connectivity index (χ4n) is 3.25. The van der Waals surface area contributed by atoms with Gasteiger partial charge in [-0.25, -0.2) is 4.98 Å². The molecule has 4 rings (SSSR count). The highest BCUT2D eigenvalue weighted by molar-refractivity contribution is 5.95. The van der Waals surface area contributed by atoms with E-state index in [9.17, 15) is 4.79 Å². The summed E-state index contributed by atoms with van der Waals surface area (Å²) in [6, 6.07) is 17.1. The van der Waals surface area contributed by atoms with E-state index < -0.39 is 0 Å². The van der Waals surface area contributed by atoms with Crippen molar-refractivity contribution in [3.63, 3.8) is 0 Å². The summed E-state index contributed by atoms with van der Waals surface area (Å²) < 4.78 is 0. The summed E-state index contributed by atoms with van der Waals surface area (Å²) in [5, 5.41) is 14.4. The number of hydrogen-bond acceptors (Lipinski definition) is 6. The Bertz CT molecular complexity index is 945. The molecular weight excluding hydrogens is 352 g/mol. The second kappa shape index (κ2) is 8.04. The van der Waals surface area contributed by atoms with Crippen LogP contribution in [-0.2, 0) is 0 Å². The lowest BCUT2D eigenvalue weighted by molar-refractivity contribution is 0.0940. The molecule has 1 aromatic carbocycles. The van der Waals surface area contributed by atoms with Crippen molar-refractivity contribution in [3.8, 4) is 0 Å². The van der Waals surface area contributed by atoms with Gasteiger partial charge in [-0.3, -0.25) is 4.79 Å². The molecule has 0 bridgehead atoms. The molecule has 3 aromatic rings. The third kappa shape index (κ3) is 4.25. The first-order chi connectivity index (χ1) is 13.7. The summed E-state index contributed by atoms with van der Waals surface area (Å²) in [6.07, 6.45) is 2.69. The summed E-state index contributed by atoms with van der Waals surface area (Å²) >= 11 is 0. The molecule has 1 unspecified atom stereocenters. The molecule has 0 aliphatic carbocycles. The minimum absolute atomic E-state index is 0.0773. The Kier molecular flexibility index (Phi) is 5.14. The van der Waals surface area contributed by atoms with Crippen molar-refractivity contribution in [2.45, 2.75) is 19.4 Å². The zero-order valence-electron chi connectivity index (χ0n) is 15.7. The van der Waals surface area contributed by atoms with Gasteiger partial charge in [-0.15, -0.1) is 5.10 Å². The number of aryl methyl sites for hydroxylation is 1. The third-order valence-corrected chi connectivity index (χ3v) is 4.69. The lowest BCUT2D eigenvalue weighted by atomic mass is 10.1. The predicted octanol–water partition coefficient (Wildman–Crippen LogP) is 2.93. The van der Waals surface area contributed by atoms with Crippen LogP contribution in [0.5, 0.6) is 0 Å². The van der Waals surface area contributed by atoms with Crippen molar-refractivity contribution in [1.29, 1.82) is 0 Å². The highest BCUT2D eigenvalue weighted by atomic mass is 16.1. The van der Waals surface area contributed by atoms with Gasteiger partial charge in [-0.2, -0.15) is 5.10 Å². The van der Waals surface area contributed by atoms with Crippen LogP contribution < -0.4 is 15.5 Å². The maximum Gasteiger partial charge on any atom is 0.251 e. The molecule has 7 nitrogen and oxygen atoms in total. The average Bonchev–Trinajstić information content (AvgIpc) is 3.19. The van der Waals surface area contributed by atoms with Gasteiger partial charge >= 0.3 is 0 Å². The van der Waals surface area contributed by atoms with Crippen molar-refractivity contribution in [2.24, 2.45) is 0 Å². The molecular formula is C21H22N6O. The van der Waals surface area contributed by atoms with Gasteiger partial charge in [0.05, 0.1) is 5.69 Å². The predicted molar refractivity (Wildman–Crippen MR) is 109 cm³/mol. The summed E-state index contributed by atoms with van der Waals surface area (Å²) in [4.78, 5) is 19.3. The minimum Gasteiger partial charge on any atom is -0.354 e. The minimum atomic E-state index is -0.0773. The van der Waals surface area contributed by atoms with E-state index in [4.69, 9.17) is 0 Å². The summed E-state index contributed by atoms with van der Waals surface area (Å²) in [5.74, 6) is 1.51. The number of carbonyl (C=O) groups excluding carboxylic acids is 1. The Balaban J connectivity index is 1.38. The molecule has 1 amide bonds. The fourth-order valence-corrected chi connectivity index (χ4v) is 3.25. The topological polar surface area (TPSA) is 83.0 Å². The Hall–Kier alpha value is -3.48. The summed E-state index contributed by atoms with van der Waals surface area (Å²) in [6.45, 7) is 3.54. The fraction of sp³-hybridized carbons (Fsp3) is 0.238. The Morgan fingerprint density at radius 1 is 1.11 bits per heavy atom. The second-order valence-corrected chi connectivity index (χ2v) is 6.86. The van der Waals surface area contributed by atoms with Crippen molar-refractivity contribution in [2.75, 3.05) is 23.3 Å². The molecule has 1 atom stereocenters. The Morgan fingerprint density at radius 3 is 2.82 bits per heavy atom. The van der Waals surface area contributed by atoms with Crippen molar-refractivity contribution in [1.82, 2.24) is 20.5 Å². The molecule has 2 aromatic heterocycles. The number of nitrogens with one attached hydrogen (secondary N) is 2. The van der Waals surface area contributed by atoms with E-state index in [1.165, 1.54) is 0 Å². The number of pyridine rings is 1. The number of rotatable bonds is 5. The normalized spacial score (nSPS) is 16.0. The lowest BCUT2D eigenvalue weighted by Crippen LogP contribution is -2.37. The summed E-state index contributed by atoms with van der Waals surface area (Å²) in [7, 11) is 0. The van der Waals surface area contributed by atoms with E-state index in [1.807, 2.05) is 61.5 Å². The summed E-state index contributed by atoms with van der Waals surface area (Å²) in [5.41, 5.74) is 2.27. The average molecular weight is 374 g/mol. The van der Waals surface area contributed by atoms with Crippen LogP contribution in [0.1, 0.15) is 22.5 Å². The lowest BCUT2D eigenvalue weighted by Gasteiger charge is -2.18. The smallest absolute Gasteiger partial charge is 0.251 e. The van der Waals surface area contributed by atoms with Gasteiger partial charge in [0, 0.05) is 36.6 Å². The molecule has 1 aliphatic heterocycles. The Labute approximate surface area is 163 Å². The molecule has 3 heterocycles. The third-order valence-electron chi connectivity index (χ3n) is 4.69. The number of carbonyl (C=O) groups is 1. The van der Waals surface area contributed by atoms with Crippen LogP contribution in [0.15, 0.2) is 60.8 Å². The van der Waals surface area contributed by atoms with Gasteiger partial charge in [0.25, 0.3) is 5.91 Å². The van der Waals surface area contributed by atoms with Crippen LogP contribution in [0, 0.1) is 6.92 Å². The molecule has 1 aliphatic rings. The quantitative estimate of drug-likeness (QED) is 0.714. The second-order valence-electron chi connectivity index (χ2n) is 6.86. The van der Waals surface area contributed by atoms with Crippen molar-refractivity contribution < 1.29 is 4.79 Å². The van der Waals surface area contributed by atoms with Gasteiger partial charge < -0.3 is 15.5 Å². The van der Waals surface area contributed by atoms with Crippen LogP contribution in [0.3, 0.4) is 0 Å². The van der Waals surface area contributed by atoms with Crippen LogP contribution in [0.25, 0.3) is 0 Å². The number of hydrogen-bond donors (Lipinski definition) is 2. The zero-order chi connectivity index (χ0) is 19.3. The number of amides is 1. The monoisotopic (exact) mass is 374 g/mol. The molecule has 1 saturated heterocycles. The molecule has 0 radical (unpaired) electrons. The van der Waals surface area contributed by atoms with E-state index in [1.54, 1.807) is 6.20 Å². The molecule has 7 heteroatoms. The largest absolute Gasteiger partial charge is 0.354 e. The molecule has 28 heavy (non-hydrogen) atoms. The number of aromatic nitrogens is 3. The van der Waals surface area contributed by atoms with E-state index >= 15 is 0 Å². The first kappa shape index (κ1) is 17.9. The molecule has 1 fully saturated rings. The van der Waals surface area contributed by atoms with Crippen LogP contribution in [0.4, 0.5) is 17.3 Å². The van der Waals surface area contributed by atoms with Gasteiger partial charge in [0.15, 0.2) is 5.82 Å². The van der Waals surface area contributed by atoms with E-state index in [0.717, 1.165) is 36.7 Å². The first-order valence-electron chi connectivity index (χ1n) is 9.32. The van der Waals surface area contributed by atoms with Crippen LogP contribution in [0.2, 0.25) is 0 Å². The van der Waals surface area contributed by atoms with E-state index in [0.29, 0.717) is 11.4 Å². The number of benzene rings is 1. The zero-order valence-corrected chi connectivity index (χ0v) is 15.7. The van der Waals surface area contributed by atoms with Gasteiger partial charge in [-0.05, 0) is 55.8 Å². The number of nitrogens with zero attached hydrogens (tertiary/aromatic N) is 4. The maximum atomic E-state index is 12.7. The Morgan fingerprint density at radius 2 is 2.04 bits per heavy atom. The molecule has 0 spiro atoms. The maximum absolute atomic E-state index is 12.7. The van der Waals surface area contributed by atoms with E-state index in [-0.39, 0.29) is 11.9 Å². The van der Waals surface area contributed by atoms with E-state index in [2.05, 4.69) is 30.7 Å². The van der Waals surface area contributed by atoms with Crippen molar-refractivity contribution in [3.05, 3.63) is 72.1 Å². The van der Waals surface area contributed by atoms with Crippen LogP contribution >= 0.6 is 0 Å². The van der Waals surface area contributed by atoms with Gasteiger partial charge in [0.1, 0.15) is 5.82 Å². The molecule has 0 saturated carbocycles. The van der Waals surface area contributed by atoms with Gasteiger partial charge in [0.2, 0.25) is 0 Å². The van der Waals surface area contributed by atoms with Gasteiger partial charge in [-0.1, -0.05) is 12.1 Å². The SMILES string of the molecule is Cc1ccc(Nc2cccc(C(=O)NC3CCN(c4ccccn4)C3)c2)nn1. The van der Waals surface area contributed by atoms with Crippen LogP contribution in [-0.4, -0.2) is 40.2 Å². The van der Waals surface area contributed by atoms with Crippen molar-refractivity contribution >= 4 is 23.2 Å². The number of anilines is 3. The highest BCUT2D eigenvalue weighted by Crippen LogP contribution is 2.19. The molecule has 2 N–H and O–H groups in total. The molecule has 142 valence electrons. The highest BCUT2D eigenvalue weighted by Gasteiger charge is 2.25.